The Morgan fingerprint density at radius 3 is 2.38 bits per heavy atom. The number of carbonyl (C=O) groups is 1. The van der Waals surface area contributed by atoms with E-state index in [2.05, 4.69) is 4.40 Å². The summed E-state index contributed by atoms with van der Waals surface area (Å²) in [7, 11) is 0. The first kappa shape index (κ1) is 16.8. The van der Waals surface area contributed by atoms with E-state index in [-0.39, 0.29) is 10.8 Å². The lowest BCUT2D eigenvalue weighted by atomic mass is 9.86. The van der Waals surface area contributed by atoms with Crippen molar-refractivity contribution in [1.82, 2.24) is 0 Å². The maximum Gasteiger partial charge on any atom is 0.418 e. The van der Waals surface area contributed by atoms with Gasteiger partial charge in [-0.1, -0.05) is 18.2 Å². The first-order valence-corrected chi connectivity index (χ1v) is 7.40. The van der Waals surface area contributed by atoms with Crippen LogP contribution in [0.2, 0.25) is 0 Å². The molecule has 1 aliphatic carbocycles. The van der Waals surface area contributed by atoms with Crippen molar-refractivity contribution in [3.63, 3.8) is 0 Å². The lowest BCUT2D eigenvalue weighted by Crippen LogP contribution is -2.36. The van der Waals surface area contributed by atoms with Gasteiger partial charge in [-0.25, -0.2) is 4.40 Å². The summed E-state index contributed by atoms with van der Waals surface area (Å²) in [5, 5.41) is 0.195. The number of Topliss-reactive ketones (excluding diaryl/α,β-unsaturated/α-hetero) is 1. The fourth-order valence-corrected chi connectivity index (χ4v) is 3.29. The average molecular weight is 363 g/mol. The van der Waals surface area contributed by atoms with Gasteiger partial charge in [-0.2, -0.15) is 26.3 Å². The zero-order valence-electron chi connectivity index (χ0n) is 11.6. The van der Waals surface area contributed by atoms with E-state index in [9.17, 15) is 31.1 Å². The Morgan fingerprint density at radius 1 is 1.04 bits per heavy atom. The highest BCUT2D eigenvalue weighted by atomic mass is 32.2. The van der Waals surface area contributed by atoms with Crippen LogP contribution in [0.1, 0.15) is 12.0 Å². The average Bonchev–Trinajstić information content (AvgIpc) is 2.64. The van der Waals surface area contributed by atoms with Crippen LogP contribution in [0.25, 0.3) is 5.57 Å². The number of benzene rings is 1. The SMILES string of the molecule is O=C1CC=C(C(F)(F)F)C2=CSN=c3c(C(F)(F)F)cccc3=C12. The summed E-state index contributed by atoms with van der Waals surface area (Å²) in [5.41, 5.74) is -2.94. The normalized spacial score (nSPS) is 18.1. The van der Waals surface area contributed by atoms with Gasteiger partial charge in [0.05, 0.1) is 16.5 Å². The van der Waals surface area contributed by atoms with Gasteiger partial charge in [0.15, 0.2) is 5.78 Å². The fraction of sp³-hybridized carbons (Fsp3) is 0.200. The van der Waals surface area contributed by atoms with E-state index in [1.165, 1.54) is 6.07 Å². The Bertz CT molecular complexity index is 907. The quantitative estimate of drug-likeness (QED) is 0.522. The van der Waals surface area contributed by atoms with Crippen LogP contribution in [0.5, 0.6) is 0 Å². The Morgan fingerprint density at radius 2 is 1.75 bits per heavy atom. The van der Waals surface area contributed by atoms with Gasteiger partial charge in [0, 0.05) is 40.1 Å². The lowest BCUT2D eigenvalue weighted by Gasteiger charge is -2.21. The Balaban J connectivity index is 2.40. The predicted octanol–water partition coefficient (Wildman–Crippen LogP) is 3.48. The maximum atomic E-state index is 13.2. The second-order valence-electron chi connectivity index (χ2n) is 5.05. The molecule has 0 N–H and O–H groups in total. The second-order valence-corrected chi connectivity index (χ2v) is 5.67. The molecule has 0 amide bonds. The third-order valence-corrected chi connectivity index (χ3v) is 4.19. The molecule has 0 atom stereocenters. The first-order chi connectivity index (χ1) is 11.1. The number of alkyl halides is 6. The lowest BCUT2D eigenvalue weighted by molar-refractivity contribution is -0.138. The van der Waals surface area contributed by atoms with Crippen LogP contribution in [-0.2, 0) is 11.0 Å². The summed E-state index contributed by atoms with van der Waals surface area (Å²) in [6.45, 7) is 0. The highest BCUT2D eigenvalue weighted by Crippen LogP contribution is 2.40. The van der Waals surface area contributed by atoms with Crippen LogP contribution in [0.15, 0.2) is 45.2 Å². The van der Waals surface area contributed by atoms with Crippen molar-refractivity contribution < 1.29 is 31.1 Å². The number of ketones is 1. The zero-order valence-corrected chi connectivity index (χ0v) is 12.4. The predicted molar refractivity (Wildman–Crippen MR) is 75.1 cm³/mol. The minimum Gasteiger partial charge on any atom is -0.294 e. The minimum atomic E-state index is -4.74. The van der Waals surface area contributed by atoms with Crippen molar-refractivity contribution in [2.75, 3.05) is 0 Å². The molecule has 1 aromatic rings. The van der Waals surface area contributed by atoms with E-state index in [0.717, 1.165) is 23.6 Å². The van der Waals surface area contributed by atoms with E-state index in [0.29, 0.717) is 11.9 Å². The highest BCUT2D eigenvalue weighted by molar-refractivity contribution is 8.00. The largest absolute Gasteiger partial charge is 0.418 e. The molecule has 0 saturated heterocycles. The molecule has 3 rings (SSSR count). The van der Waals surface area contributed by atoms with Crippen LogP contribution in [0, 0.1) is 0 Å². The Labute approximate surface area is 135 Å². The zero-order chi connectivity index (χ0) is 17.7. The number of carbonyl (C=O) groups excluding carboxylic acids is 1. The Hall–Kier alpha value is -2.03. The van der Waals surface area contributed by atoms with E-state index in [1.54, 1.807) is 0 Å². The fourth-order valence-electron chi connectivity index (χ4n) is 2.58. The van der Waals surface area contributed by atoms with E-state index in [1.807, 2.05) is 0 Å². The number of allylic oxidation sites excluding steroid dienone is 3. The summed E-state index contributed by atoms with van der Waals surface area (Å²) in [5.74, 6) is -0.674. The summed E-state index contributed by atoms with van der Waals surface area (Å²) >= 11 is 0.445. The molecular formula is C15H7F6NOS. The van der Waals surface area contributed by atoms with Gasteiger partial charge in [0.25, 0.3) is 0 Å². The van der Waals surface area contributed by atoms with Crippen LogP contribution in [0.3, 0.4) is 0 Å². The summed E-state index contributed by atoms with van der Waals surface area (Å²) < 4.78 is 82.5. The molecule has 0 unspecified atom stereocenters. The number of halogens is 6. The molecule has 24 heavy (non-hydrogen) atoms. The van der Waals surface area contributed by atoms with Gasteiger partial charge in [-0.15, -0.1) is 0 Å². The highest BCUT2D eigenvalue weighted by Gasteiger charge is 2.41. The Kier molecular flexibility index (Phi) is 3.86. The number of fused-ring (bicyclic) bond motifs is 2. The van der Waals surface area contributed by atoms with Crippen LogP contribution in [0.4, 0.5) is 26.3 Å². The monoisotopic (exact) mass is 363 g/mol. The molecule has 0 radical (unpaired) electrons. The summed E-state index contributed by atoms with van der Waals surface area (Å²) in [6, 6.07) is 3.01. The van der Waals surface area contributed by atoms with Crippen LogP contribution < -0.4 is 10.6 Å². The van der Waals surface area contributed by atoms with Gasteiger partial charge in [-0.3, -0.25) is 4.79 Å². The molecule has 0 spiro atoms. The molecule has 1 aromatic carbocycles. The van der Waals surface area contributed by atoms with E-state index < -0.39 is 46.6 Å². The third kappa shape index (κ3) is 2.77. The van der Waals surface area contributed by atoms with Crippen molar-refractivity contribution in [2.45, 2.75) is 18.8 Å². The maximum absolute atomic E-state index is 13.2. The van der Waals surface area contributed by atoms with Gasteiger partial charge in [-0.05, 0) is 6.07 Å². The number of rotatable bonds is 0. The minimum absolute atomic E-state index is 0.235. The molecular weight excluding hydrogens is 356 g/mol. The van der Waals surface area contributed by atoms with E-state index in [4.69, 9.17) is 0 Å². The molecule has 0 saturated carbocycles. The number of nitrogens with zero attached hydrogens (tertiary/aromatic N) is 1. The molecule has 0 bridgehead atoms. The van der Waals surface area contributed by atoms with Crippen molar-refractivity contribution in [3.8, 4) is 0 Å². The van der Waals surface area contributed by atoms with Crippen molar-refractivity contribution >= 4 is 23.3 Å². The molecule has 2 aliphatic rings. The molecule has 2 nitrogen and oxygen atoms in total. The number of hydrogen-bond acceptors (Lipinski definition) is 3. The third-order valence-electron chi connectivity index (χ3n) is 3.56. The molecule has 9 heteroatoms. The second kappa shape index (κ2) is 5.51. The summed E-state index contributed by atoms with van der Waals surface area (Å²) in [4.78, 5) is 12.2. The standard InChI is InChI=1S/C15H7F6NOS/c16-14(17,18)9-4-5-11(23)12-7-2-1-3-10(15(19,20)21)13(7)22-24-6-8(9)12/h1-4,6H,5H2. The van der Waals surface area contributed by atoms with Crippen LogP contribution in [-0.4, -0.2) is 12.0 Å². The topological polar surface area (TPSA) is 29.4 Å². The van der Waals surface area contributed by atoms with Gasteiger partial charge < -0.3 is 0 Å². The van der Waals surface area contributed by atoms with E-state index >= 15 is 0 Å². The van der Waals surface area contributed by atoms with Gasteiger partial charge in [0.2, 0.25) is 0 Å². The van der Waals surface area contributed by atoms with Crippen molar-refractivity contribution in [2.24, 2.45) is 4.40 Å². The molecule has 126 valence electrons. The smallest absolute Gasteiger partial charge is 0.294 e. The first-order valence-electron chi connectivity index (χ1n) is 6.56. The van der Waals surface area contributed by atoms with Crippen LogP contribution >= 0.6 is 11.9 Å². The molecule has 0 fully saturated rings. The molecule has 0 aromatic heterocycles. The van der Waals surface area contributed by atoms with Crippen molar-refractivity contribution in [3.05, 3.63) is 57.0 Å². The number of hydrogen-bond donors (Lipinski definition) is 0. The van der Waals surface area contributed by atoms with Gasteiger partial charge >= 0.3 is 12.4 Å². The van der Waals surface area contributed by atoms with Crippen molar-refractivity contribution in [1.29, 1.82) is 0 Å². The van der Waals surface area contributed by atoms with Gasteiger partial charge in [0.1, 0.15) is 0 Å². The summed E-state index contributed by atoms with van der Waals surface area (Å²) in [6.07, 6.45) is -9.23. The molecule has 1 heterocycles. The molecule has 1 aliphatic heterocycles.